The van der Waals surface area contributed by atoms with Crippen molar-refractivity contribution in [2.24, 2.45) is 5.92 Å². The summed E-state index contributed by atoms with van der Waals surface area (Å²) >= 11 is 0. The molecule has 0 N–H and O–H groups in total. The fourth-order valence-electron chi connectivity index (χ4n) is 3.28. The lowest BCUT2D eigenvalue weighted by Gasteiger charge is -2.30. The smallest absolute Gasteiger partial charge is 0.417 e. The number of hydrogen-bond acceptors (Lipinski definition) is 4. The standard InChI is InChI=1S/C20H19F4NO4S/c21-17-7-3-1-5-15(17)13-29-19(26)14-9-11-25(12-10-14)30(27,28)18-8-4-2-6-16(18)20(22,23)24/h1-8,14H,9-13H2. The van der Waals surface area contributed by atoms with E-state index in [1.54, 1.807) is 6.07 Å². The minimum absolute atomic E-state index is 0.101. The van der Waals surface area contributed by atoms with E-state index in [0.29, 0.717) is 0 Å². The molecule has 2 aromatic rings. The Bertz CT molecular complexity index is 1020. The summed E-state index contributed by atoms with van der Waals surface area (Å²) in [5, 5.41) is 0. The Kier molecular flexibility index (Phi) is 6.47. The fraction of sp³-hybridized carbons (Fsp3) is 0.350. The largest absolute Gasteiger partial charge is 0.460 e. The number of sulfonamides is 1. The van der Waals surface area contributed by atoms with E-state index in [-0.39, 0.29) is 38.1 Å². The van der Waals surface area contributed by atoms with Crippen molar-refractivity contribution < 1.29 is 35.5 Å². The number of esters is 1. The molecule has 10 heteroatoms. The molecule has 2 aromatic carbocycles. The Hall–Kier alpha value is -2.46. The number of ether oxygens (including phenoxy) is 1. The first kappa shape index (κ1) is 22.2. The van der Waals surface area contributed by atoms with Crippen LogP contribution in [0.2, 0.25) is 0 Å². The van der Waals surface area contributed by atoms with Crippen LogP contribution in [0.5, 0.6) is 0 Å². The zero-order valence-electron chi connectivity index (χ0n) is 15.7. The lowest BCUT2D eigenvalue weighted by atomic mass is 9.98. The summed E-state index contributed by atoms with van der Waals surface area (Å²) < 4.78 is 84.7. The predicted octanol–water partition coefficient (Wildman–Crippen LogP) is 3.99. The molecule has 0 unspecified atom stereocenters. The molecule has 5 nitrogen and oxygen atoms in total. The third-order valence-electron chi connectivity index (χ3n) is 4.93. The molecule has 0 amide bonds. The monoisotopic (exact) mass is 445 g/mol. The van der Waals surface area contributed by atoms with Gasteiger partial charge in [-0.3, -0.25) is 4.79 Å². The van der Waals surface area contributed by atoms with E-state index in [1.807, 2.05) is 0 Å². The lowest BCUT2D eigenvalue weighted by Crippen LogP contribution is -2.41. The van der Waals surface area contributed by atoms with E-state index in [0.717, 1.165) is 22.5 Å². The second-order valence-electron chi connectivity index (χ2n) is 6.87. The summed E-state index contributed by atoms with van der Waals surface area (Å²) in [6, 6.07) is 9.84. The molecule has 1 aliphatic heterocycles. The molecule has 0 radical (unpaired) electrons. The topological polar surface area (TPSA) is 63.7 Å². The van der Waals surface area contributed by atoms with E-state index in [4.69, 9.17) is 4.74 Å². The molecular weight excluding hydrogens is 426 g/mol. The van der Waals surface area contributed by atoms with Gasteiger partial charge in [0.2, 0.25) is 10.0 Å². The lowest BCUT2D eigenvalue weighted by molar-refractivity contribution is -0.151. The molecule has 1 heterocycles. The third-order valence-corrected chi connectivity index (χ3v) is 6.88. The Morgan fingerprint density at radius 2 is 1.63 bits per heavy atom. The first-order chi connectivity index (χ1) is 14.1. The first-order valence-electron chi connectivity index (χ1n) is 9.17. The van der Waals surface area contributed by atoms with Crippen LogP contribution >= 0.6 is 0 Å². The van der Waals surface area contributed by atoms with Crippen molar-refractivity contribution in [3.63, 3.8) is 0 Å². The SMILES string of the molecule is O=C(OCc1ccccc1F)C1CCN(S(=O)(=O)c2ccccc2C(F)(F)F)CC1. The molecule has 0 saturated carbocycles. The van der Waals surface area contributed by atoms with Crippen LogP contribution in [0, 0.1) is 11.7 Å². The van der Waals surface area contributed by atoms with E-state index in [1.165, 1.54) is 24.3 Å². The average Bonchev–Trinajstić information content (AvgIpc) is 2.72. The molecule has 1 saturated heterocycles. The Balaban J connectivity index is 1.64. The van der Waals surface area contributed by atoms with Crippen molar-refractivity contribution in [3.8, 4) is 0 Å². The van der Waals surface area contributed by atoms with E-state index >= 15 is 0 Å². The van der Waals surface area contributed by atoms with Gasteiger partial charge in [-0.1, -0.05) is 30.3 Å². The van der Waals surface area contributed by atoms with Crippen molar-refractivity contribution in [3.05, 3.63) is 65.5 Å². The summed E-state index contributed by atoms with van der Waals surface area (Å²) in [6.45, 7) is -0.481. The number of carbonyl (C=O) groups excluding carboxylic acids is 1. The number of hydrogen-bond donors (Lipinski definition) is 0. The summed E-state index contributed by atoms with van der Waals surface area (Å²) in [4.78, 5) is 11.4. The quantitative estimate of drug-likeness (QED) is 0.516. The van der Waals surface area contributed by atoms with Crippen LogP contribution in [0.1, 0.15) is 24.0 Å². The number of nitrogens with zero attached hydrogens (tertiary/aromatic N) is 1. The maximum Gasteiger partial charge on any atom is 0.417 e. The molecule has 1 aliphatic rings. The number of benzene rings is 2. The first-order valence-corrected chi connectivity index (χ1v) is 10.6. The summed E-state index contributed by atoms with van der Waals surface area (Å²) in [6.07, 6.45) is -4.61. The van der Waals surface area contributed by atoms with Gasteiger partial charge in [-0.15, -0.1) is 0 Å². The molecule has 0 bridgehead atoms. The maximum atomic E-state index is 13.6. The number of rotatable bonds is 5. The molecule has 162 valence electrons. The molecule has 3 rings (SSSR count). The number of halogens is 4. The number of piperidine rings is 1. The highest BCUT2D eigenvalue weighted by molar-refractivity contribution is 7.89. The van der Waals surface area contributed by atoms with E-state index in [2.05, 4.69) is 0 Å². The molecule has 1 fully saturated rings. The van der Waals surface area contributed by atoms with Crippen LogP contribution in [0.15, 0.2) is 53.4 Å². The van der Waals surface area contributed by atoms with Crippen LogP contribution in [0.3, 0.4) is 0 Å². The van der Waals surface area contributed by atoms with Gasteiger partial charge in [-0.25, -0.2) is 12.8 Å². The Morgan fingerprint density at radius 3 is 2.27 bits per heavy atom. The molecule has 0 aromatic heterocycles. The minimum atomic E-state index is -4.81. The minimum Gasteiger partial charge on any atom is -0.460 e. The Morgan fingerprint density at radius 1 is 1.03 bits per heavy atom. The second-order valence-corrected chi connectivity index (χ2v) is 8.78. The van der Waals surface area contributed by atoms with Crippen molar-refractivity contribution in [2.45, 2.75) is 30.5 Å². The fourth-order valence-corrected chi connectivity index (χ4v) is 4.96. The predicted molar refractivity (Wildman–Crippen MR) is 99.1 cm³/mol. The Labute approximate surface area is 171 Å². The van der Waals surface area contributed by atoms with E-state index < -0.39 is 44.4 Å². The number of alkyl halides is 3. The van der Waals surface area contributed by atoms with Crippen LogP contribution in [-0.2, 0) is 32.3 Å². The summed E-state index contributed by atoms with van der Waals surface area (Å²) in [5.74, 6) is -1.71. The van der Waals surface area contributed by atoms with Gasteiger partial charge in [0.05, 0.1) is 16.4 Å². The van der Waals surface area contributed by atoms with Crippen LogP contribution in [0.4, 0.5) is 17.6 Å². The molecule has 0 aliphatic carbocycles. The average molecular weight is 445 g/mol. The van der Waals surface area contributed by atoms with Crippen LogP contribution < -0.4 is 0 Å². The zero-order valence-corrected chi connectivity index (χ0v) is 16.5. The van der Waals surface area contributed by atoms with Gasteiger partial charge in [0.1, 0.15) is 12.4 Å². The zero-order chi connectivity index (χ0) is 21.9. The molecule has 0 atom stereocenters. The highest BCUT2D eigenvalue weighted by Crippen LogP contribution is 2.36. The van der Waals surface area contributed by atoms with Gasteiger partial charge in [0, 0.05) is 18.7 Å². The third kappa shape index (κ3) is 4.81. The van der Waals surface area contributed by atoms with Gasteiger partial charge >= 0.3 is 12.1 Å². The molecular formula is C20H19F4NO4S. The van der Waals surface area contributed by atoms with Gasteiger partial charge in [0.25, 0.3) is 0 Å². The van der Waals surface area contributed by atoms with Crippen molar-refractivity contribution in [2.75, 3.05) is 13.1 Å². The highest BCUT2D eigenvalue weighted by Gasteiger charge is 2.40. The van der Waals surface area contributed by atoms with E-state index in [9.17, 15) is 30.8 Å². The maximum absolute atomic E-state index is 13.6. The summed E-state index contributed by atoms with van der Waals surface area (Å²) in [7, 11) is -4.37. The summed E-state index contributed by atoms with van der Waals surface area (Å²) in [5.41, 5.74) is -1.01. The van der Waals surface area contributed by atoms with Gasteiger partial charge < -0.3 is 4.74 Å². The normalized spacial score (nSPS) is 16.4. The molecule has 0 spiro atoms. The van der Waals surface area contributed by atoms with Crippen LogP contribution in [-0.4, -0.2) is 31.8 Å². The van der Waals surface area contributed by atoms with Crippen molar-refractivity contribution in [1.29, 1.82) is 0 Å². The number of carbonyl (C=O) groups is 1. The highest BCUT2D eigenvalue weighted by atomic mass is 32.2. The molecule has 30 heavy (non-hydrogen) atoms. The van der Waals surface area contributed by atoms with Crippen LogP contribution in [0.25, 0.3) is 0 Å². The van der Waals surface area contributed by atoms with Crippen molar-refractivity contribution >= 4 is 16.0 Å². The second kappa shape index (κ2) is 8.73. The van der Waals surface area contributed by atoms with Crippen molar-refractivity contribution in [1.82, 2.24) is 4.31 Å². The van der Waals surface area contributed by atoms with Gasteiger partial charge in [-0.05, 0) is 31.0 Å². The van der Waals surface area contributed by atoms with Gasteiger partial charge in [0.15, 0.2) is 0 Å². The van der Waals surface area contributed by atoms with Gasteiger partial charge in [-0.2, -0.15) is 17.5 Å².